The zero-order valence-corrected chi connectivity index (χ0v) is 12.0. The molecule has 1 aromatic rings. The summed E-state index contributed by atoms with van der Waals surface area (Å²) < 4.78 is 1.97. The average molecular weight is 340 g/mol. The molecule has 0 fully saturated rings. The van der Waals surface area contributed by atoms with Gasteiger partial charge in [-0.1, -0.05) is 19.8 Å². The van der Waals surface area contributed by atoms with Crippen molar-refractivity contribution in [1.29, 1.82) is 0 Å². The topological polar surface area (TPSA) is 17.1 Å². The third-order valence-corrected chi connectivity index (χ3v) is 5.22. The molecule has 14 heavy (non-hydrogen) atoms. The quantitative estimate of drug-likeness (QED) is 0.542. The fourth-order valence-corrected chi connectivity index (χ4v) is 3.15. The first kappa shape index (κ1) is 12.4. The van der Waals surface area contributed by atoms with E-state index >= 15 is 0 Å². The molecule has 0 saturated carbocycles. The molecule has 0 bridgehead atoms. The van der Waals surface area contributed by atoms with E-state index in [0.717, 1.165) is 32.4 Å². The first-order valence-corrected chi connectivity index (χ1v) is 7.03. The SMILES string of the molecule is CCCCCC(=O)c1cc(Br)c(Br)s1. The number of carbonyl (C=O) groups is 1. The summed E-state index contributed by atoms with van der Waals surface area (Å²) in [5.41, 5.74) is 0. The lowest BCUT2D eigenvalue weighted by Gasteiger charge is -1.95. The van der Waals surface area contributed by atoms with Crippen LogP contribution in [0.2, 0.25) is 0 Å². The summed E-state index contributed by atoms with van der Waals surface area (Å²) in [5, 5.41) is 0. The maximum Gasteiger partial charge on any atom is 0.172 e. The highest BCUT2D eigenvalue weighted by Gasteiger charge is 2.11. The Morgan fingerprint density at radius 2 is 2.14 bits per heavy atom. The second-order valence-electron chi connectivity index (χ2n) is 3.11. The van der Waals surface area contributed by atoms with Gasteiger partial charge in [0.05, 0.1) is 8.66 Å². The normalized spacial score (nSPS) is 10.5. The fourth-order valence-electron chi connectivity index (χ4n) is 1.14. The number of carbonyl (C=O) groups excluding carboxylic acids is 1. The van der Waals surface area contributed by atoms with Crippen molar-refractivity contribution < 1.29 is 4.79 Å². The monoisotopic (exact) mass is 338 g/mol. The van der Waals surface area contributed by atoms with E-state index in [1.54, 1.807) is 0 Å². The van der Waals surface area contributed by atoms with Gasteiger partial charge < -0.3 is 0 Å². The molecule has 0 amide bonds. The van der Waals surface area contributed by atoms with E-state index in [-0.39, 0.29) is 5.78 Å². The van der Waals surface area contributed by atoms with Gasteiger partial charge in [0, 0.05) is 10.9 Å². The Kier molecular flexibility index (Phi) is 5.34. The maximum atomic E-state index is 11.7. The number of hydrogen-bond acceptors (Lipinski definition) is 2. The molecule has 0 aliphatic rings. The van der Waals surface area contributed by atoms with Crippen LogP contribution in [0.25, 0.3) is 0 Å². The molecule has 0 spiro atoms. The van der Waals surface area contributed by atoms with E-state index in [0.29, 0.717) is 6.42 Å². The van der Waals surface area contributed by atoms with Gasteiger partial charge in [-0.05, 0) is 44.3 Å². The van der Waals surface area contributed by atoms with Gasteiger partial charge in [0.1, 0.15) is 0 Å². The zero-order chi connectivity index (χ0) is 10.6. The summed E-state index contributed by atoms with van der Waals surface area (Å²) in [5.74, 6) is 0.259. The van der Waals surface area contributed by atoms with E-state index in [4.69, 9.17) is 0 Å². The molecule has 4 heteroatoms. The summed E-state index contributed by atoms with van der Waals surface area (Å²) >= 11 is 8.26. The van der Waals surface area contributed by atoms with Crippen LogP contribution in [-0.4, -0.2) is 5.78 Å². The van der Waals surface area contributed by atoms with E-state index in [1.165, 1.54) is 11.3 Å². The lowest BCUT2D eigenvalue weighted by atomic mass is 10.1. The average Bonchev–Trinajstić information content (AvgIpc) is 2.47. The number of unbranched alkanes of at least 4 members (excludes halogenated alkanes) is 2. The lowest BCUT2D eigenvalue weighted by Crippen LogP contribution is -1.94. The number of thiophene rings is 1. The van der Waals surface area contributed by atoms with Crippen LogP contribution in [0.1, 0.15) is 42.3 Å². The Morgan fingerprint density at radius 1 is 1.43 bits per heavy atom. The summed E-state index contributed by atoms with van der Waals surface area (Å²) in [4.78, 5) is 12.5. The zero-order valence-electron chi connectivity index (χ0n) is 7.98. The van der Waals surface area contributed by atoms with Crippen molar-refractivity contribution in [1.82, 2.24) is 0 Å². The summed E-state index contributed by atoms with van der Waals surface area (Å²) in [6.45, 7) is 2.14. The predicted molar refractivity (Wildman–Crippen MR) is 68.2 cm³/mol. The van der Waals surface area contributed by atoms with Crippen molar-refractivity contribution in [3.8, 4) is 0 Å². The minimum Gasteiger partial charge on any atom is -0.293 e. The Labute approximate surface area is 105 Å². The van der Waals surface area contributed by atoms with Crippen molar-refractivity contribution >= 4 is 49.0 Å². The number of halogens is 2. The number of hydrogen-bond donors (Lipinski definition) is 0. The van der Waals surface area contributed by atoms with Crippen LogP contribution in [0, 0.1) is 0 Å². The highest BCUT2D eigenvalue weighted by Crippen LogP contribution is 2.33. The van der Waals surface area contributed by atoms with E-state index in [2.05, 4.69) is 38.8 Å². The van der Waals surface area contributed by atoms with Crippen LogP contribution < -0.4 is 0 Å². The van der Waals surface area contributed by atoms with Crippen molar-refractivity contribution in [2.24, 2.45) is 0 Å². The molecule has 1 aromatic heterocycles. The Bertz CT molecular complexity index is 300. The molecule has 0 unspecified atom stereocenters. The minimum absolute atomic E-state index is 0.259. The van der Waals surface area contributed by atoms with Gasteiger partial charge in [0.25, 0.3) is 0 Å². The minimum atomic E-state index is 0.259. The molecule has 1 nitrogen and oxygen atoms in total. The van der Waals surface area contributed by atoms with Crippen molar-refractivity contribution in [2.75, 3.05) is 0 Å². The van der Waals surface area contributed by atoms with Crippen LogP contribution in [-0.2, 0) is 0 Å². The molecular weight excluding hydrogens is 328 g/mol. The van der Waals surface area contributed by atoms with Gasteiger partial charge >= 0.3 is 0 Å². The van der Waals surface area contributed by atoms with Gasteiger partial charge in [-0.2, -0.15) is 0 Å². The first-order chi connectivity index (χ1) is 6.65. The molecular formula is C10H12Br2OS. The Hall–Kier alpha value is 0.330. The molecule has 1 rings (SSSR count). The molecule has 1 heterocycles. The molecule has 0 aliphatic carbocycles. The second-order valence-corrected chi connectivity index (χ2v) is 6.34. The molecule has 78 valence electrons. The fraction of sp³-hybridized carbons (Fsp3) is 0.500. The molecule has 0 aliphatic heterocycles. The van der Waals surface area contributed by atoms with Crippen LogP contribution >= 0.6 is 43.2 Å². The van der Waals surface area contributed by atoms with Gasteiger partial charge in [0.2, 0.25) is 0 Å². The summed E-state index contributed by atoms with van der Waals surface area (Å²) in [6, 6.07) is 1.89. The number of rotatable bonds is 5. The Balaban J connectivity index is 2.52. The molecule has 0 radical (unpaired) electrons. The van der Waals surface area contributed by atoms with Crippen molar-refractivity contribution in [3.05, 3.63) is 19.2 Å². The highest BCUT2D eigenvalue weighted by molar-refractivity contribution is 9.13. The summed E-state index contributed by atoms with van der Waals surface area (Å²) in [6.07, 6.45) is 3.97. The second kappa shape index (κ2) is 6.03. The van der Waals surface area contributed by atoms with Crippen LogP contribution in [0.5, 0.6) is 0 Å². The smallest absolute Gasteiger partial charge is 0.172 e. The summed E-state index contributed by atoms with van der Waals surface area (Å²) in [7, 11) is 0. The number of ketones is 1. The molecule has 0 aromatic carbocycles. The maximum absolute atomic E-state index is 11.7. The third-order valence-electron chi connectivity index (χ3n) is 1.93. The van der Waals surface area contributed by atoms with Crippen molar-refractivity contribution in [3.63, 3.8) is 0 Å². The van der Waals surface area contributed by atoms with Crippen molar-refractivity contribution in [2.45, 2.75) is 32.6 Å². The number of Topliss-reactive ketones (excluding diaryl/α,β-unsaturated/α-hetero) is 1. The van der Waals surface area contributed by atoms with E-state index in [9.17, 15) is 4.79 Å². The van der Waals surface area contributed by atoms with E-state index in [1.807, 2.05) is 6.07 Å². The van der Waals surface area contributed by atoms with Gasteiger partial charge in [-0.3, -0.25) is 4.79 Å². The van der Waals surface area contributed by atoms with Crippen LogP contribution in [0.3, 0.4) is 0 Å². The first-order valence-electron chi connectivity index (χ1n) is 4.63. The van der Waals surface area contributed by atoms with Crippen LogP contribution in [0.4, 0.5) is 0 Å². The highest BCUT2D eigenvalue weighted by atomic mass is 79.9. The molecule has 0 N–H and O–H groups in total. The van der Waals surface area contributed by atoms with Gasteiger partial charge in [0.15, 0.2) is 5.78 Å². The molecule has 0 atom stereocenters. The molecule has 0 saturated heterocycles. The standard InChI is InChI=1S/C10H12Br2OS/c1-2-3-4-5-8(13)9-6-7(11)10(12)14-9/h6H,2-5H2,1H3. The van der Waals surface area contributed by atoms with Gasteiger partial charge in [-0.25, -0.2) is 0 Å². The predicted octanol–water partition coefficient (Wildman–Crippen LogP) is 5.04. The third kappa shape index (κ3) is 3.48. The lowest BCUT2D eigenvalue weighted by molar-refractivity contribution is 0.0983. The largest absolute Gasteiger partial charge is 0.293 e. The van der Waals surface area contributed by atoms with E-state index < -0.39 is 0 Å². The van der Waals surface area contributed by atoms with Gasteiger partial charge in [-0.15, -0.1) is 11.3 Å². The Morgan fingerprint density at radius 3 is 2.64 bits per heavy atom. The van der Waals surface area contributed by atoms with Crippen LogP contribution in [0.15, 0.2) is 14.3 Å².